The van der Waals surface area contributed by atoms with E-state index in [1.807, 2.05) is 14.0 Å². The number of halogens is 2. The van der Waals surface area contributed by atoms with Crippen molar-refractivity contribution in [2.24, 2.45) is 7.05 Å². The molecule has 0 aliphatic carbocycles. The van der Waals surface area contributed by atoms with Crippen molar-refractivity contribution < 1.29 is 19.1 Å². The van der Waals surface area contributed by atoms with E-state index < -0.39 is 11.9 Å². The number of carbonyl (C=O) groups is 3. The van der Waals surface area contributed by atoms with Crippen molar-refractivity contribution in [3.05, 3.63) is 46.2 Å². The van der Waals surface area contributed by atoms with Crippen LogP contribution in [0.3, 0.4) is 0 Å². The first-order valence-corrected chi connectivity index (χ1v) is 13.2. The molecule has 0 spiro atoms. The Morgan fingerprint density at radius 2 is 1.70 bits per heavy atom. The van der Waals surface area contributed by atoms with Crippen molar-refractivity contribution in [2.75, 3.05) is 69.7 Å². The molecule has 2 aliphatic rings. The van der Waals surface area contributed by atoms with Crippen LogP contribution in [-0.2, 0) is 11.8 Å². The van der Waals surface area contributed by atoms with Crippen molar-refractivity contribution >= 4 is 64.3 Å². The lowest BCUT2D eigenvalue weighted by molar-refractivity contribution is 0.0303. The molecule has 2 aromatic heterocycles. The molecule has 0 saturated carbocycles. The van der Waals surface area contributed by atoms with Gasteiger partial charge < -0.3 is 24.8 Å². The van der Waals surface area contributed by atoms with Crippen LogP contribution in [0.5, 0.6) is 0 Å². The van der Waals surface area contributed by atoms with E-state index in [1.54, 1.807) is 21.7 Å². The van der Waals surface area contributed by atoms with E-state index in [0.29, 0.717) is 43.3 Å². The number of amides is 4. The van der Waals surface area contributed by atoms with Crippen LogP contribution in [0.15, 0.2) is 24.4 Å². The molecular weight excluding hydrogens is 559 g/mol. The van der Waals surface area contributed by atoms with Crippen LogP contribution in [0.2, 0.25) is 5.02 Å². The minimum Gasteiger partial charge on any atom is -0.378 e. The number of aromatic nitrogens is 3. The van der Waals surface area contributed by atoms with Gasteiger partial charge in [0.1, 0.15) is 0 Å². The third-order valence-electron chi connectivity index (χ3n) is 7.04. The van der Waals surface area contributed by atoms with Gasteiger partial charge in [0.2, 0.25) is 0 Å². The van der Waals surface area contributed by atoms with Gasteiger partial charge in [0.25, 0.3) is 11.8 Å². The quantitative estimate of drug-likeness (QED) is 0.475. The van der Waals surface area contributed by atoms with Gasteiger partial charge in [-0.2, -0.15) is 5.10 Å². The zero-order valence-corrected chi connectivity index (χ0v) is 24.1. The smallest absolute Gasteiger partial charge is 0.326 e. The molecule has 0 radical (unpaired) electrons. The highest BCUT2D eigenvalue weighted by Crippen LogP contribution is 2.32. The van der Waals surface area contributed by atoms with Gasteiger partial charge in [-0.25, -0.2) is 9.78 Å². The van der Waals surface area contributed by atoms with E-state index in [2.05, 4.69) is 37.6 Å². The first-order valence-electron chi connectivity index (χ1n) is 12.8. The zero-order valence-electron chi connectivity index (χ0n) is 22.6. The molecule has 214 valence electrons. The molecule has 2 saturated heterocycles. The fraction of sp³-hybridized carbons (Fsp3) is 0.423. The number of piperazine rings is 1. The second-order valence-electron chi connectivity index (χ2n) is 9.73. The third kappa shape index (κ3) is 5.99. The molecule has 2 N–H and O–H groups in total. The van der Waals surface area contributed by atoms with Crippen LogP contribution in [-0.4, -0.2) is 102 Å². The van der Waals surface area contributed by atoms with Crippen molar-refractivity contribution in [1.29, 1.82) is 0 Å². The van der Waals surface area contributed by atoms with E-state index in [0.717, 1.165) is 37.3 Å². The van der Waals surface area contributed by atoms with Gasteiger partial charge >= 0.3 is 6.03 Å². The van der Waals surface area contributed by atoms with E-state index in [4.69, 9.17) is 16.3 Å². The number of urea groups is 1. The average molecular weight is 592 g/mol. The van der Waals surface area contributed by atoms with E-state index in [9.17, 15) is 14.4 Å². The first-order chi connectivity index (χ1) is 18.7. The fourth-order valence-electron chi connectivity index (χ4n) is 4.95. The Labute approximate surface area is 243 Å². The Bertz CT molecular complexity index is 1430. The predicted molar refractivity (Wildman–Crippen MR) is 155 cm³/mol. The lowest BCUT2D eigenvalue weighted by Gasteiger charge is -2.35. The maximum atomic E-state index is 13.4. The largest absolute Gasteiger partial charge is 0.378 e. The lowest BCUT2D eigenvalue weighted by atomic mass is 10.1. The normalized spacial score (nSPS) is 16.0. The van der Waals surface area contributed by atoms with Gasteiger partial charge in [0.15, 0.2) is 5.65 Å². The van der Waals surface area contributed by atoms with E-state index in [-0.39, 0.29) is 34.5 Å². The summed E-state index contributed by atoms with van der Waals surface area (Å²) in [7, 11) is 3.87. The number of aryl methyl sites for hydroxylation is 2. The predicted octanol–water partition coefficient (Wildman–Crippen LogP) is 2.54. The maximum Gasteiger partial charge on any atom is 0.326 e. The summed E-state index contributed by atoms with van der Waals surface area (Å²) in [6.07, 6.45) is 1.49. The number of hydrogen-bond acceptors (Lipinski definition) is 8. The molecule has 14 heteroatoms. The van der Waals surface area contributed by atoms with Crippen LogP contribution in [0.4, 0.5) is 16.2 Å². The molecule has 4 amide bonds. The summed E-state index contributed by atoms with van der Waals surface area (Å²) >= 11 is 6.29. The van der Waals surface area contributed by atoms with Gasteiger partial charge in [-0.15, -0.1) is 12.4 Å². The number of likely N-dealkylation sites (N-methyl/N-ethyl adjacent to an activating group) is 1. The number of carbonyl (C=O) groups excluding carboxylic acids is 3. The minimum atomic E-state index is -0.737. The molecule has 0 bridgehead atoms. The topological polar surface area (TPSA) is 125 Å². The number of ether oxygens (including phenoxy) is 1. The number of benzene rings is 1. The van der Waals surface area contributed by atoms with Crippen LogP contribution < -0.4 is 15.5 Å². The first kappa shape index (κ1) is 29.5. The number of nitrogens with one attached hydrogen (secondary N) is 2. The van der Waals surface area contributed by atoms with Crippen molar-refractivity contribution in [3.8, 4) is 0 Å². The maximum absolute atomic E-state index is 13.4. The number of hydrogen-bond donors (Lipinski definition) is 2. The fourth-order valence-corrected chi connectivity index (χ4v) is 5.15. The second kappa shape index (κ2) is 12.4. The molecule has 4 heterocycles. The average Bonchev–Trinajstić information content (AvgIpc) is 3.22. The number of morpholine rings is 1. The molecular formula is C26H32Cl2N8O4. The number of pyridine rings is 1. The summed E-state index contributed by atoms with van der Waals surface area (Å²) < 4.78 is 7.00. The Hall–Kier alpha value is -3.45. The van der Waals surface area contributed by atoms with Crippen molar-refractivity contribution in [3.63, 3.8) is 0 Å². The highest BCUT2D eigenvalue weighted by Gasteiger charge is 2.27. The van der Waals surface area contributed by atoms with E-state index in [1.165, 1.54) is 12.3 Å². The SMILES string of the molecule is Cc1nn(C)c2ncc(C(=O)NC(=O)Nc3ccc(Cl)c(C(=O)N4CCOCC4)c3)c(N3CCN(C)CC3)c12.Cl. The van der Waals surface area contributed by atoms with Gasteiger partial charge in [-0.1, -0.05) is 11.6 Å². The summed E-state index contributed by atoms with van der Waals surface area (Å²) in [5.41, 5.74) is 3.03. The number of anilines is 2. The minimum absolute atomic E-state index is 0. The number of nitrogens with zero attached hydrogens (tertiary/aromatic N) is 6. The summed E-state index contributed by atoms with van der Waals surface area (Å²) in [5.74, 6) is -0.830. The molecule has 40 heavy (non-hydrogen) atoms. The third-order valence-corrected chi connectivity index (χ3v) is 7.37. The monoisotopic (exact) mass is 590 g/mol. The Morgan fingerprint density at radius 3 is 2.40 bits per heavy atom. The van der Waals surface area contributed by atoms with Crippen LogP contribution >= 0.6 is 24.0 Å². The Balaban J connectivity index is 0.00000370. The standard InChI is InChI=1S/C26H31ClN8O4.ClH/c1-16-21-22(34-8-6-32(2)7-9-34)19(15-28-23(21)33(3)31-16)24(36)30-26(38)29-17-4-5-20(27)18(14-17)25(37)35-10-12-39-13-11-35;/h4-5,14-15H,6-13H2,1-3H3,(H2,29,30,36,38);1H. The molecule has 0 unspecified atom stereocenters. The number of rotatable bonds is 4. The highest BCUT2D eigenvalue weighted by molar-refractivity contribution is 6.34. The molecule has 2 fully saturated rings. The van der Waals surface area contributed by atoms with E-state index >= 15 is 0 Å². The summed E-state index contributed by atoms with van der Waals surface area (Å²) in [4.78, 5) is 49.7. The summed E-state index contributed by atoms with van der Waals surface area (Å²) in [6, 6.07) is 3.89. The van der Waals surface area contributed by atoms with Gasteiger partial charge in [0, 0.05) is 58.2 Å². The number of fused-ring (bicyclic) bond motifs is 1. The van der Waals surface area contributed by atoms with Gasteiger partial charge in [0.05, 0.1) is 46.1 Å². The second-order valence-corrected chi connectivity index (χ2v) is 10.1. The van der Waals surface area contributed by atoms with Gasteiger partial charge in [-0.05, 0) is 32.2 Å². The van der Waals surface area contributed by atoms with Crippen LogP contribution in [0.1, 0.15) is 26.4 Å². The van der Waals surface area contributed by atoms with Crippen LogP contribution in [0, 0.1) is 6.92 Å². The van der Waals surface area contributed by atoms with Gasteiger partial charge in [-0.3, -0.25) is 19.6 Å². The van der Waals surface area contributed by atoms with Crippen molar-refractivity contribution in [2.45, 2.75) is 6.92 Å². The van der Waals surface area contributed by atoms with Crippen LogP contribution in [0.25, 0.3) is 11.0 Å². The lowest BCUT2D eigenvalue weighted by Crippen LogP contribution is -2.45. The Kier molecular flexibility index (Phi) is 9.14. The summed E-state index contributed by atoms with van der Waals surface area (Å²) in [5, 5.41) is 10.6. The molecule has 1 aromatic carbocycles. The molecule has 5 rings (SSSR count). The molecule has 2 aliphatic heterocycles. The zero-order chi connectivity index (χ0) is 27.7. The molecule has 12 nitrogen and oxygen atoms in total. The molecule has 3 aromatic rings. The van der Waals surface area contributed by atoms with Crippen molar-refractivity contribution in [1.82, 2.24) is 29.9 Å². The molecule has 0 atom stereocenters. The highest BCUT2D eigenvalue weighted by atomic mass is 35.5. The number of imide groups is 1. The summed E-state index contributed by atoms with van der Waals surface area (Å²) in [6.45, 7) is 6.86. The Morgan fingerprint density at radius 1 is 1.00 bits per heavy atom.